The van der Waals surface area contributed by atoms with Gasteiger partial charge in [-0.25, -0.2) is 23.4 Å². The number of sulfone groups is 1. The Morgan fingerprint density at radius 3 is 2.70 bits per heavy atom. The molecule has 0 spiro atoms. The van der Waals surface area contributed by atoms with E-state index in [0.29, 0.717) is 13.1 Å². The second-order valence-electron chi connectivity index (χ2n) is 9.73. The molecular formula is C30H28N6O2S2. The first kappa shape index (κ1) is 26.1. The predicted octanol–water partition coefficient (Wildman–Crippen LogP) is 5.63. The predicted molar refractivity (Wildman–Crippen MR) is 163 cm³/mol. The molecule has 202 valence electrons. The van der Waals surface area contributed by atoms with Gasteiger partial charge in [-0.2, -0.15) is 0 Å². The normalized spacial score (nSPS) is 11.8. The Kier molecular flexibility index (Phi) is 7.29. The average Bonchev–Trinajstić information content (AvgIpc) is 3.58. The zero-order chi connectivity index (χ0) is 27.5. The van der Waals surface area contributed by atoms with Gasteiger partial charge in [0.15, 0.2) is 0 Å². The lowest BCUT2D eigenvalue weighted by atomic mass is 10.1. The van der Waals surface area contributed by atoms with E-state index in [1.165, 1.54) is 17.3 Å². The van der Waals surface area contributed by atoms with E-state index < -0.39 is 9.84 Å². The van der Waals surface area contributed by atoms with Gasteiger partial charge in [-0.15, -0.1) is 11.3 Å². The van der Waals surface area contributed by atoms with Crippen molar-refractivity contribution < 1.29 is 8.42 Å². The van der Waals surface area contributed by atoms with Crippen LogP contribution in [-0.4, -0.2) is 46.5 Å². The Hall–Kier alpha value is -4.12. The van der Waals surface area contributed by atoms with Crippen molar-refractivity contribution in [2.45, 2.75) is 13.1 Å². The zero-order valence-corrected chi connectivity index (χ0v) is 23.5. The highest BCUT2D eigenvalue weighted by molar-refractivity contribution is 7.90. The number of aromatic nitrogens is 4. The van der Waals surface area contributed by atoms with Crippen LogP contribution in [0.25, 0.3) is 32.4 Å². The van der Waals surface area contributed by atoms with Crippen LogP contribution in [0.3, 0.4) is 0 Å². The zero-order valence-electron chi connectivity index (χ0n) is 21.9. The molecule has 10 heteroatoms. The Morgan fingerprint density at radius 2 is 1.85 bits per heavy atom. The molecule has 0 atom stereocenters. The van der Waals surface area contributed by atoms with Crippen LogP contribution in [0.5, 0.6) is 0 Å². The highest BCUT2D eigenvalue weighted by Crippen LogP contribution is 2.30. The van der Waals surface area contributed by atoms with Gasteiger partial charge in [-0.3, -0.25) is 0 Å². The van der Waals surface area contributed by atoms with E-state index in [1.807, 2.05) is 29.6 Å². The summed E-state index contributed by atoms with van der Waals surface area (Å²) in [5.74, 6) is 0.856. The van der Waals surface area contributed by atoms with Crippen LogP contribution in [0.1, 0.15) is 11.3 Å². The SMILES string of the molecule is CS(=O)(=O)CCNCc1csc(-c2ccc3c(Nc4ccc5c(ccn5Cc5ccccc5)c4)ncnc3c2)n1. The third-order valence-electron chi connectivity index (χ3n) is 6.62. The van der Waals surface area contributed by atoms with Crippen molar-refractivity contribution >= 4 is 54.5 Å². The summed E-state index contributed by atoms with van der Waals surface area (Å²) in [6, 6.07) is 25.0. The second-order valence-corrected chi connectivity index (χ2v) is 12.9. The van der Waals surface area contributed by atoms with Crippen molar-refractivity contribution in [3.8, 4) is 10.6 Å². The van der Waals surface area contributed by atoms with Crippen LogP contribution < -0.4 is 10.6 Å². The molecule has 3 aromatic heterocycles. The van der Waals surface area contributed by atoms with Gasteiger partial charge in [0.25, 0.3) is 0 Å². The molecule has 0 aliphatic rings. The van der Waals surface area contributed by atoms with E-state index >= 15 is 0 Å². The number of anilines is 2. The molecule has 0 bridgehead atoms. The molecule has 3 aromatic carbocycles. The quantitative estimate of drug-likeness (QED) is 0.206. The molecule has 3 heterocycles. The van der Waals surface area contributed by atoms with Crippen LogP contribution >= 0.6 is 11.3 Å². The fraction of sp³-hybridized carbons (Fsp3) is 0.167. The summed E-state index contributed by atoms with van der Waals surface area (Å²) in [7, 11) is -2.98. The summed E-state index contributed by atoms with van der Waals surface area (Å²) < 4.78 is 24.9. The number of fused-ring (bicyclic) bond motifs is 2. The Bertz CT molecular complexity index is 1900. The maximum atomic E-state index is 11.3. The number of hydrogen-bond donors (Lipinski definition) is 2. The van der Waals surface area contributed by atoms with E-state index in [-0.39, 0.29) is 5.75 Å². The van der Waals surface area contributed by atoms with Crippen molar-refractivity contribution in [3.63, 3.8) is 0 Å². The van der Waals surface area contributed by atoms with Gasteiger partial charge < -0.3 is 15.2 Å². The fourth-order valence-electron chi connectivity index (χ4n) is 4.62. The van der Waals surface area contributed by atoms with Crippen molar-refractivity contribution in [1.29, 1.82) is 0 Å². The first-order chi connectivity index (χ1) is 19.4. The van der Waals surface area contributed by atoms with E-state index in [4.69, 9.17) is 4.98 Å². The first-order valence-electron chi connectivity index (χ1n) is 12.9. The average molecular weight is 569 g/mol. The van der Waals surface area contributed by atoms with Crippen LogP contribution in [0, 0.1) is 0 Å². The van der Waals surface area contributed by atoms with Gasteiger partial charge in [0.05, 0.1) is 17.0 Å². The third kappa shape index (κ3) is 6.04. The molecule has 2 N–H and O–H groups in total. The Labute approximate surface area is 236 Å². The molecule has 0 saturated carbocycles. The van der Waals surface area contributed by atoms with Gasteiger partial charge in [-0.1, -0.05) is 36.4 Å². The minimum absolute atomic E-state index is 0.111. The number of benzene rings is 3. The number of rotatable bonds is 10. The molecule has 0 saturated heterocycles. The molecule has 0 aliphatic carbocycles. The van der Waals surface area contributed by atoms with E-state index in [2.05, 4.69) is 79.9 Å². The highest BCUT2D eigenvalue weighted by Gasteiger charge is 2.11. The molecule has 6 aromatic rings. The molecule has 0 amide bonds. The minimum Gasteiger partial charge on any atom is -0.343 e. The Morgan fingerprint density at radius 1 is 0.975 bits per heavy atom. The van der Waals surface area contributed by atoms with Crippen LogP contribution in [0.4, 0.5) is 11.5 Å². The van der Waals surface area contributed by atoms with E-state index in [1.54, 1.807) is 17.7 Å². The van der Waals surface area contributed by atoms with Gasteiger partial charge in [0, 0.05) is 65.0 Å². The van der Waals surface area contributed by atoms with Crippen molar-refractivity contribution in [2.24, 2.45) is 0 Å². The highest BCUT2D eigenvalue weighted by atomic mass is 32.2. The second kappa shape index (κ2) is 11.2. The molecular weight excluding hydrogens is 541 g/mol. The van der Waals surface area contributed by atoms with Crippen LogP contribution in [-0.2, 0) is 22.9 Å². The van der Waals surface area contributed by atoms with Gasteiger partial charge in [0.2, 0.25) is 0 Å². The fourth-order valence-corrected chi connectivity index (χ4v) is 5.95. The molecule has 0 fully saturated rings. The van der Waals surface area contributed by atoms with E-state index in [9.17, 15) is 8.42 Å². The summed E-state index contributed by atoms with van der Waals surface area (Å²) >= 11 is 1.55. The molecule has 0 unspecified atom stereocenters. The van der Waals surface area contributed by atoms with Crippen molar-refractivity contribution in [3.05, 3.63) is 102 Å². The summed E-state index contributed by atoms with van der Waals surface area (Å²) in [6.07, 6.45) is 4.94. The third-order valence-corrected chi connectivity index (χ3v) is 8.51. The lowest BCUT2D eigenvalue weighted by Gasteiger charge is -2.10. The largest absolute Gasteiger partial charge is 0.343 e. The monoisotopic (exact) mass is 568 g/mol. The summed E-state index contributed by atoms with van der Waals surface area (Å²) in [5, 5.41) is 11.6. The summed E-state index contributed by atoms with van der Waals surface area (Å²) in [6.45, 7) is 1.76. The Balaban J connectivity index is 1.17. The lowest BCUT2D eigenvalue weighted by molar-refractivity contribution is 0.596. The molecule has 8 nitrogen and oxygen atoms in total. The maximum Gasteiger partial charge on any atom is 0.148 e. The smallest absolute Gasteiger partial charge is 0.148 e. The van der Waals surface area contributed by atoms with Gasteiger partial charge >= 0.3 is 0 Å². The lowest BCUT2D eigenvalue weighted by Crippen LogP contribution is -2.22. The van der Waals surface area contributed by atoms with Crippen molar-refractivity contribution in [2.75, 3.05) is 23.9 Å². The number of thiazole rings is 1. The number of nitrogens with one attached hydrogen (secondary N) is 2. The first-order valence-corrected chi connectivity index (χ1v) is 15.8. The standard InChI is InChI=1S/C30H28N6O2S2/c1-40(37,38)14-12-31-17-25-19-39-30(35-25)23-7-9-26-27(16-23)32-20-33-29(26)34-24-8-10-28-22(15-24)11-13-36(28)18-21-5-3-2-4-6-21/h2-11,13,15-16,19-20,31H,12,14,17-18H2,1H3,(H,32,33,34). The molecule has 0 aliphatic heterocycles. The number of nitrogens with zero attached hydrogens (tertiary/aromatic N) is 4. The van der Waals surface area contributed by atoms with Crippen molar-refractivity contribution in [1.82, 2.24) is 24.8 Å². The summed E-state index contributed by atoms with van der Waals surface area (Å²) in [4.78, 5) is 13.7. The van der Waals surface area contributed by atoms with Crippen LogP contribution in [0.2, 0.25) is 0 Å². The van der Waals surface area contributed by atoms with Crippen LogP contribution in [0.15, 0.2) is 90.7 Å². The molecule has 40 heavy (non-hydrogen) atoms. The molecule has 0 radical (unpaired) electrons. The van der Waals surface area contributed by atoms with Gasteiger partial charge in [-0.05, 0) is 42.0 Å². The minimum atomic E-state index is -2.98. The van der Waals surface area contributed by atoms with E-state index in [0.717, 1.165) is 50.6 Å². The summed E-state index contributed by atoms with van der Waals surface area (Å²) in [5.41, 5.74) is 6.09. The number of hydrogen-bond acceptors (Lipinski definition) is 8. The maximum absolute atomic E-state index is 11.3. The topological polar surface area (TPSA) is 102 Å². The molecule has 6 rings (SSSR count). The van der Waals surface area contributed by atoms with Gasteiger partial charge in [0.1, 0.15) is 27.0 Å².